The van der Waals surface area contributed by atoms with Crippen LogP contribution in [-0.4, -0.2) is 0 Å². The smallest absolute Gasteiger partial charge is 0.0111 e. The van der Waals surface area contributed by atoms with Crippen molar-refractivity contribution in [1.82, 2.24) is 0 Å². The third-order valence-electron chi connectivity index (χ3n) is 2.69. The number of hydrogen-bond donors (Lipinski definition) is 0. The Morgan fingerprint density at radius 2 is 1.93 bits per heavy atom. The Hall–Kier alpha value is -1.82. The zero-order valence-corrected chi connectivity index (χ0v) is 8.96. The molecule has 0 heterocycles. The van der Waals surface area contributed by atoms with Crippen LogP contribution in [0.25, 0.3) is 23.4 Å². The molecule has 0 aliphatic rings. The van der Waals surface area contributed by atoms with Gasteiger partial charge in [0, 0.05) is 0 Å². The molecule has 2 aromatic carbocycles. The van der Waals surface area contributed by atoms with Gasteiger partial charge in [-0.15, -0.1) is 0 Å². The van der Waals surface area contributed by atoms with Gasteiger partial charge in [0.15, 0.2) is 0 Å². The Bertz CT molecular complexity index is 618. The molecule has 0 saturated heterocycles. The van der Waals surface area contributed by atoms with Gasteiger partial charge in [-0.3, -0.25) is 0 Å². The molecule has 0 radical (unpaired) electrons. The van der Waals surface area contributed by atoms with E-state index in [9.17, 15) is 0 Å². The summed E-state index contributed by atoms with van der Waals surface area (Å²) in [5.74, 6) is 0. The summed E-state index contributed by atoms with van der Waals surface area (Å²) in [6.45, 7) is 9.99. The molecule has 0 unspecified atom stereocenters. The predicted octanol–water partition coefficient (Wildman–Crippen LogP) is 2.53. The van der Waals surface area contributed by atoms with Crippen molar-refractivity contribution >= 4 is 23.4 Å². The van der Waals surface area contributed by atoms with Crippen LogP contribution in [0.1, 0.15) is 5.56 Å². The molecule has 0 aliphatic heterocycles. The Labute approximate surface area is 89.9 Å². The first-order valence-electron chi connectivity index (χ1n) is 5.04. The molecular weight excluding hydrogens is 180 g/mol. The maximum absolute atomic E-state index is 4.15. The topological polar surface area (TPSA) is 0 Å². The van der Waals surface area contributed by atoms with Gasteiger partial charge < -0.3 is 0 Å². The van der Waals surface area contributed by atoms with Crippen molar-refractivity contribution in [2.75, 3.05) is 0 Å². The molecule has 0 bridgehead atoms. The van der Waals surface area contributed by atoms with E-state index in [1.54, 1.807) is 0 Å². The van der Waals surface area contributed by atoms with Crippen LogP contribution in [0.4, 0.5) is 0 Å². The van der Waals surface area contributed by atoms with Crippen LogP contribution in [0.3, 0.4) is 0 Å². The molecule has 2 rings (SSSR count). The van der Waals surface area contributed by atoms with E-state index in [-0.39, 0.29) is 0 Å². The molecule has 0 heteroatoms. The van der Waals surface area contributed by atoms with Crippen LogP contribution in [0.15, 0.2) is 43.0 Å². The first-order valence-corrected chi connectivity index (χ1v) is 5.04. The zero-order chi connectivity index (χ0) is 10.8. The molecule has 0 atom stereocenters. The summed E-state index contributed by atoms with van der Waals surface area (Å²) in [6, 6.07) is 10.5. The molecule has 0 N–H and O–H groups in total. The van der Waals surface area contributed by atoms with E-state index in [2.05, 4.69) is 44.3 Å². The van der Waals surface area contributed by atoms with Crippen LogP contribution in [-0.2, 0) is 0 Å². The molecule has 0 aliphatic carbocycles. The second kappa shape index (κ2) is 3.74. The SMILES string of the molecule is C=C/C=c1/c(C)cc2ccccc2c1=C. The van der Waals surface area contributed by atoms with Gasteiger partial charge in [0.2, 0.25) is 0 Å². The monoisotopic (exact) mass is 194 g/mol. The highest BCUT2D eigenvalue weighted by Crippen LogP contribution is 2.08. The van der Waals surface area contributed by atoms with E-state index in [0.717, 1.165) is 5.22 Å². The number of hydrogen-bond acceptors (Lipinski definition) is 0. The van der Waals surface area contributed by atoms with E-state index in [0.29, 0.717) is 0 Å². The fourth-order valence-electron chi connectivity index (χ4n) is 1.94. The van der Waals surface area contributed by atoms with Crippen molar-refractivity contribution in [3.8, 4) is 0 Å². The molecule has 0 aromatic heterocycles. The molecule has 0 nitrogen and oxygen atoms in total. The second-order valence-electron chi connectivity index (χ2n) is 3.71. The summed E-state index contributed by atoms with van der Waals surface area (Å²) >= 11 is 0. The lowest BCUT2D eigenvalue weighted by molar-refractivity contribution is 1.41. The lowest BCUT2D eigenvalue weighted by Gasteiger charge is -2.02. The first-order chi connectivity index (χ1) is 7.24. The molecular formula is C15H14. The number of benzene rings is 2. The Morgan fingerprint density at radius 3 is 2.67 bits per heavy atom. The average Bonchev–Trinajstić information content (AvgIpc) is 2.24. The standard InChI is InChI=1S/C15H14/c1-4-7-14-11(2)10-13-8-5-6-9-15(13)12(14)3/h4-10H,1,3H2,2H3/b14-7-. The third-order valence-corrected chi connectivity index (χ3v) is 2.69. The number of rotatable bonds is 1. The summed E-state index contributed by atoms with van der Waals surface area (Å²) in [5.41, 5.74) is 1.25. The van der Waals surface area contributed by atoms with Gasteiger partial charge in [-0.25, -0.2) is 0 Å². The quantitative estimate of drug-likeness (QED) is 0.654. The normalized spacial score (nSPS) is 11.9. The minimum absolute atomic E-state index is 1.09. The van der Waals surface area contributed by atoms with Gasteiger partial charge in [-0.05, 0) is 33.7 Å². The number of fused-ring (bicyclic) bond motifs is 1. The highest BCUT2D eigenvalue weighted by molar-refractivity contribution is 5.84. The fourth-order valence-corrected chi connectivity index (χ4v) is 1.94. The Balaban J connectivity index is 3.04. The predicted molar refractivity (Wildman–Crippen MR) is 68.1 cm³/mol. The zero-order valence-electron chi connectivity index (χ0n) is 8.96. The molecule has 0 saturated carbocycles. The van der Waals surface area contributed by atoms with Gasteiger partial charge in [0.05, 0.1) is 0 Å². The molecule has 15 heavy (non-hydrogen) atoms. The van der Waals surface area contributed by atoms with Crippen molar-refractivity contribution in [2.45, 2.75) is 6.92 Å². The third kappa shape index (κ3) is 1.59. The van der Waals surface area contributed by atoms with Gasteiger partial charge in [-0.2, -0.15) is 0 Å². The molecule has 0 spiro atoms. The van der Waals surface area contributed by atoms with Crippen molar-refractivity contribution in [1.29, 1.82) is 0 Å². The molecule has 0 amide bonds. The average molecular weight is 194 g/mol. The van der Waals surface area contributed by atoms with Crippen LogP contribution >= 0.6 is 0 Å². The van der Waals surface area contributed by atoms with E-state index in [1.807, 2.05) is 18.2 Å². The van der Waals surface area contributed by atoms with Crippen LogP contribution < -0.4 is 10.4 Å². The van der Waals surface area contributed by atoms with Gasteiger partial charge in [-0.1, -0.05) is 55.6 Å². The summed E-state index contributed by atoms with van der Waals surface area (Å²) in [6.07, 6.45) is 3.83. The fraction of sp³-hybridized carbons (Fsp3) is 0.0667. The molecule has 0 fully saturated rings. The van der Waals surface area contributed by atoms with E-state index in [4.69, 9.17) is 0 Å². The summed E-state index contributed by atoms with van der Waals surface area (Å²) in [7, 11) is 0. The van der Waals surface area contributed by atoms with Crippen LogP contribution in [0.2, 0.25) is 0 Å². The number of aryl methyl sites for hydroxylation is 1. The van der Waals surface area contributed by atoms with Crippen molar-refractivity contribution < 1.29 is 0 Å². The van der Waals surface area contributed by atoms with Gasteiger partial charge in [0.1, 0.15) is 0 Å². The van der Waals surface area contributed by atoms with Crippen molar-refractivity contribution in [3.63, 3.8) is 0 Å². The van der Waals surface area contributed by atoms with Gasteiger partial charge >= 0.3 is 0 Å². The second-order valence-corrected chi connectivity index (χ2v) is 3.71. The van der Waals surface area contributed by atoms with Crippen LogP contribution in [0, 0.1) is 6.92 Å². The maximum Gasteiger partial charge on any atom is -0.0111 e. The van der Waals surface area contributed by atoms with E-state index < -0.39 is 0 Å². The molecule has 2 aromatic rings. The lowest BCUT2D eigenvalue weighted by atomic mass is 10.0. The summed E-state index contributed by atoms with van der Waals surface area (Å²) < 4.78 is 0. The minimum Gasteiger partial charge on any atom is -0.0990 e. The molecule has 74 valence electrons. The largest absolute Gasteiger partial charge is 0.0990 e. The minimum atomic E-state index is 1.09. The maximum atomic E-state index is 4.15. The summed E-state index contributed by atoms with van der Waals surface area (Å²) in [5, 5.41) is 4.74. The van der Waals surface area contributed by atoms with Crippen molar-refractivity contribution in [2.24, 2.45) is 0 Å². The van der Waals surface area contributed by atoms with E-state index in [1.165, 1.54) is 21.6 Å². The number of allylic oxidation sites excluding steroid dienone is 1. The highest BCUT2D eigenvalue weighted by atomic mass is 14.0. The summed E-state index contributed by atoms with van der Waals surface area (Å²) in [4.78, 5) is 0. The van der Waals surface area contributed by atoms with Crippen LogP contribution in [0.5, 0.6) is 0 Å². The Kier molecular flexibility index (Phi) is 2.42. The first kappa shape index (κ1) is 9.72. The van der Waals surface area contributed by atoms with Gasteiger partial charge in [0.25, 0.3) is 0 Å². The lowest BCUT2D eigenvalue weighted by Crippen LogP contribution is -2.26. The van der Waals surface area contributed by atoms with E-state index >= 15 is 0 Å². The Morgan fingerprint density at radius 1 is 1.20 bits per heavy atom. The van der Waals surface area contributed by atoms with Crippen molar-refractivity contribution in [3.05, 3.63) is 59.0 Å². The highest BCUT2D eigenvalue weighted by Gasteiger charge is 1.96.